The molecule has 1 amide bonds. The first-order valence-corrected chi connectivity index (χ1v) is 11.1. The molecule has 0 radical (unpaired) electrons. The molecule has 0 unspecified atom stereocenters. The van der Waals surface area contributed by atoms with Crippen LogP contribution in [-0.4, -0.2) is 41.4 Å². The predicted molar refractivity (Wildman–Crippen MR) is 130 cm³/mol. The summed E-state index contributed by atoms with van der Waals surface area (Å²) in [5.41, 5.74) is 2.64. The fourth-order valence-corrected chi connectivity index (χ4v) is 3.20. The zero-order valence-corrected chi connectivity index (χ0v) is 21.2. The molecule has 0 aromatic carbocycles. The van der Waals surface area contributed by atoms with Gasteiger partial charge in [0.1, 0.15) is 5.69 Å². The summed E-state index contributed by atoms with van der Waals surface area (Å²) < 4.78 is 47.5. The number of nitrogens with zero attached hydrogens (tertiary/aromatic N) is 3. The summed E-state index contributed by atoms with van der Waals surface area (Å²) in [7, 11) is 3.09. The van der Waals surface area contributed by atoms with Crippen molar-refractivity contribution in [3.63, 3.8) is 0 Å². The maximum atomic E-state index is 13.6. The molecule has 0 atom stereocenters. The van der Waals surface area contributed by atoms with Gasteiger partial charge in [-0.1, -0.05) is 32.1 Å². The molecule has 0 aliphatic rings. The number of amides is 1. The standard InChI is InChI=1S/C25H35F3N4O2/c1-9-12-19(14-20(13-10-2)25(26,27)28)22(16(4)11-3)30-21(34-8)15-29-24(33)23-17(5)18(6)31-32(23)7/h9,12-14H,10-11,15H2,1-8H3,(H,29,33)/b12-9-,19-14+,20-13-,22-16?,30-21?. The van der Waals surface area contributed by atoms with Gasteiger partial charge in [0, 0.05) is 18.2 Å². The Morgan fingerprint density at radius 1 is 1.26 bits per heavy atom. The first-order chi connectivity index (χ1) is 15.9. The zero-order valence-electron chi connectivity index (χ0n) is 21.2. The molecule has 1 rings (SSSR count). The molecule has 0 bridgehead atoms. The number of carbonyl (C=O) groups excluding carboxylic acids is 1. The van der Waals surface area contributed by atoms with Crippen LogP contribution in [0.15, 0.2) is 51.7 Å². The van der Waals surface area contributed by atoms with Crippen molar-refractivity contribution in [2.45, 2.75) is 60.6 Å². The van der Waals surface area contributed by atoms with Crippen molar-refractivity contribution in [2.75, 3.05) is 13.7 Å². The highest BCUT2D eigenvalue weighted by Gasteiger charge is 2.32. The van der Waals surface area contributed by atoms with Crippen molar-refractivity contribution in [2.24, 2.45) is 12.0 Å². The van der Waals surface area contributed by atoms with Crippen LogP contribution in [0.1, 0.15) is 62.3 Å². The lowest BCUT2D eigenvalue weighted by Gasteiger charge is -2.14. The summed E-state index contributed by atoms with van der Waals surface area (Å²) in [4.78, 5) is 17.2. The van der Waals surface area contributed by atoms with E-state index >= 15 is 0 Å². The van der Waals surface area contributed by atoms with Gasteiger partial charge in [0.15, 0.2) is 0 Å². The van der Waals surface area contributed by atoms with Crippen LogP contribution < -0.4 is 5.32 Å². The molecule has 1 heterocycles. The van der Waals surface area contributed by atoms with Gasteiger partial charge in [0.25, 0.3) is 5.91 Å². The van der Waals surface area contributed by atoms with E-state index in [0.29, 0.717) is 23.4 Å². The Balaban J connectivity index is 3.41. The number of nitrogens with one attached hydrogen (secondary N) is 1. The van der Waals surface area contributed by atoms with Crippen LogP contribution >= 0.6 is 0 Å². The smallest absolute Gasteiger partial charge is 0.416 e. The third kappa shape index (κ3) is 7.74. The fraction of sp³-hybridized carbons (Fsp3) is 0.480. The Hall–Kier alpha value is -3.10. The second kappa shape index (κ2) is 13.0. The Morgan fingerprint density at radius 3 is 2.35 bits per heavy atom. The number of alkyl halides is 3. The van der Waals surface area contributed by atoms with Crippen LogP contribution in [0.5, 0.6) is 0 Å². The predicted octanol–water partition coefficient (Wildman–Crippen LogP) is 5.90. The van der Waals surface area contributed by atoms with Crippen molar-refractivity contribution in [3.05, 3.63) is 63.7 Å². The van der Waals surface area contributed by atoms with E-state index < -0.39 is 11.7 Å². The average molecular weight is 481 g/mol. The number of halogens is 3. The van der Waals surface area contributed by atoms with E-state index in [-0.39, 0.29) is 24.8 Å². The van der Waals surface area contributed by atoms with E-state index in [1.807, 2.05) is 20.8 Å². The number of ether oxygens (including phenoxy) is 1. The molecule has 9 heteroatoms. The van der Waals surface area contributed by atoms with E-state index in [1.165, 1.54) is 11.8 Å². The average Bonchev–Trinajstić information content (AvgIpc) is 3.03. The highest BCUT2D eigenvalue weighted by atomic mass is 19.4. The molecule has 188 valence electrons. The summed E-state index contributed by atoms with van der Waals surface area (Å²) in [5, 5.41) is 7.00. The maximum Gasteiger partial charge on any atom is 0.416 e. The summed E-state index contributed by atoms with van der Waals surface area (Å²) in [6.45, 7) is 10.7. The molecule has 6 nitrogen and oxygen atoms in total. The van der Waals surface area contributed by atoms with Crippen molar-refractivity contribution in [3.8, 4) is 0 Å². The lowest BCUT2D eigenvalue weighted by atomic mass is 10.0. The number of aryl methyl sites for hydroxylation is 2. The first kappa shape index (κ1) is 28.9. The van der Waals surface area contributed by atoms with Gasteiger partial charge >= 0.3 is 6.18 Å². The number of allylic oxidation sites excluding steroid dienone is 6. The Morgan fingerprint density at radius 2 is 1.91 bits per heavy atom. The Kier molecular flexibility index (Phi) is 11.0. The van der Waals surface area contributed by atoms with Crippen LogP contribution in [0.3, 0.4) is 0 Å². The van der Waals surface area contributed by atoms with Gasteiger partial charge in [0.05, 0.1) is 30.6 Å². The summed E-state index contributed by atoms with van der Waals surface area (Å²) in [6, 6.07) is 0. The monoisotopic (exact) mass is 480 g/mol. The summed E-state index contributed by atoms with van der Waals surface area (Å²) in [6.07, 6.45) is 1.80. The second-order valence-corrected chi connectivity index (χ2v) is 7.72. The third-order valence-corrected chi connectivity index (χ3v) is 5.23. The van der Waals surface area contributed by atoms with Crippen LogP contribution in [0.25, 0.3) is 0 Å². The molecule has 0 saturated heterocycles. The summed E-state index contributed by atoms with van der Waals surface area (Å²) in [5.74, 6) is -0.186. The SMILES string of the molecule is C\C=C/C(=C\C(=C\CC)C(F)(F)F)C(N=C(CNC(=O)c1c(C)c(C)nn1C)OC)=C(C)CC. The van der Waals surface area contributed by atoms with Gasteiger partial charge < -0.3 is 10.1 Å². The number of aliphatic imine (C=N–C) groups is 1. The van der Waals surface area contributed by atoms with Crippen LogP contribution in [-0.2, 0) is 11.8 Å². The molecular weight excluding hydrogens is 445 g/mol. The number of carbonyl (C=O) groups is 1. The number of aromatic nitrogens is 2. The zero-order chi connectivity index (χ0) is 26.1. The quantitative estimate of drug-likeness (QED) is 0.272. The molecular formula is C25H35F3N4O2. The number of methoxy groups -OCH3 is 1. The molecule has 0 aliphatic carbocycles. The molecule has 0 aliphatic heterocycles. The van der Waals surface area contributed by atoms with E-state index in [9.17, 15) is 18.0 Å². The lowest BCUT2D eigenvalue weighted by molar-refractivity contribution is -0.0884. The molecule has 1 aromatic heterocycles. The van der Waals surface area contributed by atoms with E-state index in [1.54, 1.807) is 40.0 Å². The van der Waals surface area contributed by atoms with Crippen molar-refractivity contribution in [1.29, 1.82) is 0 Å². The maximum absolute atomic E-state index is 13.6. The molecule has 1 aromatic rings. The van der Waals surface area contributed by atoms with E-state index in [0.717, 1.165) is 29.0 Å². The first-order valence-electron chi connectivity index (χ1n) is 11.1. The van der Waals surface area contributed by atoms with Crippen molar-refractivity contribution >= 4 is 11.8 Å². The largest absolute Gasteiger partial charge is 0.483 e. The third-order valence-electron chi connectivity index (χ3n) is 5.23. The minimum Gasteiger partial charge on any atom is -0.483 e. The van der Waals surface area contributed by atoms with E-state index in [2.05, 4.69) is 15.4 Å². The minimum atomic E-state index is -4.49. The molecule has 1 N–H and O–H groups in total. The normalized spacial score (nSPS) is 14.5. The van der Waals surface area contributed by atoms with Gasteiger partial charge in [-0.2, -0.15) is 18.3 Å². The van der Waals surface area contributed by atoms with Gasteiger partial charge in [-0.3, -0.25) is 9.48 Å². The van der Waals surface area contributed by atoms with Crippen LogP contribution in [0.2, 0.25) is 0 Å². The lowest BCUT2D eigenvalue weighted by Crippen LogP contribution is -2.32. The van der Waals surface area contributed by atoms with Crippen molar-refractivity contribution in [1.82, 2.24) is 15.1 Å². The second-order valence-electron chi connectivity index (χ2n) is 7.72. The topological polar surface area (TPSA) is 68.5 Å². The highest BCUT2D eigenvalue weighted by Crippen LogP contribution is 2.31. The van der Waals surface area contributed by atoms with Gasteiger partial charge in [-0.25, -0.2) is 4.99 Å². The fourth-order valence-electron chi connectivity index (χ4n) is 3.20. The molecule has 0 spiro atoms. The molecule has 0 saturated carbocycles. The van der Waals surface area contributed by atoms with Gasteiger partial charge in [-0.15, -0.1) is 0 Å². The summed E-state index contributed by atoms with van der Waals surface area (Å²) >= 11 is 0. The van der Waals surface area contributed by atoms with Crippen LogP contribution in [0.4, 0.5) is 13.2 Å². The number of rotatable bonds is 9. The van der Waals surface area contributed by atoms with Gasteiger partial charge in [-0.05, 0) is 52.2 Å². The number of hydrogen-bond donors (Lipinski definition) is 1. The minimum absolute atomic E-state index is 0.0421. The van der Waals surface area contributed by atoms with E-state index in [4.69, 9.17) is 4.74 Å². The Bertz CT molecular complexity index is 1030. The number of hydrogen-bond acceptors (Lipinski definition) is 4. The van der Waals surface area contributed by atoms with Crippen molar-refractivity contribution < 1.29 is 22.7 Å². The van der Waals surface area contributed by atoms with Gasteiger partial charge in [0.2, 0.25) is 5.90 Å². The van der Waals surface area contributed by atoms with Crippen LogP contribution in [0, 0.1) is 13.8 Å². The molecule has 34 heavy (non-hydrogen) atoms. The molecule has 0 fully saturated rings. The Labute approximate surface area is 200 Å². The highest BCUT2D eigenvalue weighted by molar-refractivity contribution is 5.96.